The van der Waals surface area contributed by atoms with Crippen molar-refractivity contribution in [3.8, 4) is 0 Å². The quantitative estimate of drug-likeness (QED) is 0.251. The van der Waals surface area contributed by atoms with Crippen molar-refractivity contribution in [2.24, 2.45) is 0 Å². The molecule has 0 amide bonds. The second-order valence-corrected chi connectivity index (χ2v) is 11.2. The minimum atomic E-state index is -0.199. The lowest BCUT2D eigenvalue weighted by Gasteiger charge is -2.49. The topological polar surface area (TPSA) is 32.3 Å². The van der Waals surface area contributed by atoms with Gasteiger partial charge in [0.05, 0.1) is 17.1 Å². The number of para-hydroxylation sites is 2. The largest absolute Gasteiger partial charge is 0.309 e. The van der Waals surface area contributed by atoms with E-state index in [0.717, 1.165) is 17.3 Å². The Morgan fingerprint density at radius 1 is 0.553 bits per heavy atom. The van der Waals surface area contributed by atoms with E-state index in [1.807, 2.05) is 48.8 Å². The summed E-state index contributed by atoms with van der Waals surface area (Å²) in [5, 5.41) is 0. The number of hydrogen-bond acceptors (Lipinski definition) is 4. The third kappa shape index (κ3) is 3.10. The number of fused-ring (bicyclic) bond motifs is 4. The van der Waals surface area contributed by atoms with Crippen LogP contribution in [0.5, 0.6) is 0 Å². The maximum atomic E-state index is 4.69. The summed E-state index contributed by atoms with van der Waals surface area (Å²) < 4.78 is 0. The van der Waals surface area contributed by atoms with Crippen molar-refractivity contribution >= 4 is 34.4 Å². The molecule has 38 heavy (non-hydrogen) atoms. The number of benzene rings is 3. The number of aromatic nitrogens is 2. The first kappa shape index (κ1) is 22.7. The van der Waals surface area contributed by atoms with Crippen molar-refractivity contribution in [1.82, 2.24) is 9.97 Å². The molecule has 0 N–H and O–H groups in total. The summed E-state index contributed by atoms with van der Waals surface area (Å²) >= 11 is 0. The maximum Gasteiger partial charge on any atom is 0.138 e. The Balaban J connectivity index is 1.49. The monoisotopic (exact) mass is 494 g/mol. The Morgan fingerprint density at radius 2 is 1.11 bits per heavy atom. The molecular formula is C34H30N4. The number of rotatable bonds is 3. The van der Waals surface area contributed by atoms with Gasteiger partial charge in [-0.2, -0.15) is 0 Å². The maximum absolute atomic E-state index is 4.69. The Labute approximate surface area is 224 Å². The summed E-state index contributed by atoms with van der Waals surface area (Å²) in [4.78, 5) is 14.0. The van der Waals surface area contributed by atoms with Gasteiger partial charge in [-0.1, -0.05) is 76.2 Å². The van der Waals surface area contributed by atoms with Crippen LogP contribution in [0.3, 0.4) is 0 Å². The van der Waals surface area contributed by atoms with E-state index < -0.39 is 0 Å². The summed E-state index contributed by atoms with van der Waals surface area (Å²) in [6.07, 6.45) is 3.66. The van der Waals surface area contributed by atoms with Crippen LogP contribution in [0.25, 0.3) is 0 Å². The van der Waals surface area contributed by atoms with Gasteiger partial charge in [0, 0.05) is 28.9 Å². The minimum Gasteiger partial charge on any atom is -0.309 e. The summed E-state index contributed by atoms with van der Waals surface area (Å²) in [6.45, 7) is 9.40. The van der Waals surface area contributed by atoms with E-state index in [1.165, 1.54) is 39.3 Å². The molecule has 0 saturated carbocycles. The van der Waals surface area contributed by atoms with E-state index in [-0.39, 0.29) is 10.8 Å². The Morgan fingerprint density at radius 3 is 1.74 bits per heavy atom. The lowest BCUT2D eigenvalue weighted by Crippen LogP contribution is -2.38. The van der Waals surface area contributed by atoms with Gasteiger partial charge >= 0.3 is 0 Å². The predicted octanol–water partition coefficient (Wildman–Crippen LogP) is 8.69. The molecule has 0 bridgehead atoms. The molecule has 3 aromatic carbocycles. The fraction of sp³-hybridized carbons (Fsp3) is 0.176. The van der Waals surface area contributed by atoms with Gasteiger partial charge in [0.15, 0.2) is 0 Å². The fourth-order valence-electron chi connectivity index (χ4n) is 6.36. The van der Waals surface area contributed by atoms with Gasteiger partial charge in [0.25, 0.3) is 0 Å². The van der Waals surface area contributed by atoms with Crippen LogP contribution in [0.2, 0.25) is 0 Å². The highest BCUT2D eigenvalue weighted by Gasteiger charge is 2.45. The van der Waals surface area contributed by atoms with E-state index in [1.54, 1.807) is 0 Å². The number of anilines is 6. The van der Waals surface area contributed by atoms with Crippen LogP contribution < -0.4 is 9.80 Å². The van der Waals surface area contributed by atoms with Crippen molar-refractivity contribution in [3.05, 3.63) is 132 Å². The predicted molar refractivity (Wildman–Crippen MR) is 156 cm³/mol. The highest BCUT2D eigenvalue weighted by Crippen LogP contribution is 2.60. The van der Waals surface area contributed by atoms with E-state index in [4.69, 9.17) is 0 Å². The molecule has 4 nitrogen and oxygen atoms in total. The van der Waals surface area contributed by atoms with Crippen LogP contribution in [0.1, 0.15) is 49.9 Å². The molecule has 0 atom stereocenters. The molecule has 7 rings (SSSR count). The van der Waals surface area contributed by atoms with E-state index in [0.29, 0.717) is 0 Å². The summed E-state index contributed by atoms with van der Waals surface area (Å²) in [6, 6.07) is 34.5. The van der Waals surface area contributed by atoms with Crippen LogP contribution in [0.4, 0.5) is 34.4 Å². The van der Waals surface area contributed by atoms with Crippen LogP contribution >= 0.6 is 0 Å². The lowest BCUT2D eigenvalue weighted by atomic mass is 9.66. The van der Waals surface area contributed by atoms with Gasteiger partial charge in [0.2, 0.25) is 0 Å². The van der Waals surface area contributed by atoms with Crippen molar-refractivity contribution in [2.75, 3.05) is 9.80 Å². The molecule has 2 aliphatic rings. The van der Waals surface area contributed by atoms with Crippen molar-refractivity contribution in [2.45, 2.75) is 38.5 Å². The average Bonchev–Trinajstić information content (AvgIpc) is 2.94. The SMILES string of the molecule is CC1(C)c2ccccc2N2c3ccc(N(c4ccccn4)c4ccccn4)cc3C(C)(C)c3cccc1c32. The number of hydrogen-bond donors (Lipinski definition) is 0. The zero-order valence-corrected chi connectivity index (χ0v) is 22.2. The Bertz CT molecular complexity index is 1630. The molecule has 186 valence electrons. The molecule has 2 aromatic heterocycles. The van der Waals surface area contributed by atoms with Gasteiger partial charge < -0.3 is 4.90 Å². The van der Waals surface area contributed by atoms with Gasteiger partial charge in [-0.05, 0) is 70.8 Å². The van der Waals surface area contributed by atoms with E-state index in [2.05, 4.69) is 108 Å². The van der Waals surface area contributed by atoms with Crippen LogP contribution in [0.15, 0.2) is 109 Å². The number of nitrogens with zero attached hydrogens (tertiary/aromatic N) is 4. The molecule has 0 radical (unpaired) electrons. The molecule has 0 saturated heterocycles. The molecule has 0 spiro atoms. The van der Waals surface area contributed by atoms with Crippen LogP contribution in [0, 0.1) is 0 Å². The molecule has 0 unspecified atom stereocenters. The summed E-state index contributed by atoms with van der Waals surface area (Å²) in [5.41, 5.74) is 9.93. The van der Waals surface area contributed by atoms with Gasteiger partial charge in [-0.15, -0.1) is 0 Å². The van der Waals surface area contributed by atoms with Crippen LogP contribution in [-0.2, 0) is 10.8 Å². The van der Waals surface area contributed by atoms with Crippen molar-refractivity contribution < 1.29 is 0 Å². The fourth-order valence-corrected chi connectivity index (χ4v) is 6.36. The zero-order chi connectivity index (χ0) is 26.1. The van der Waals surface area contributed by atoms with Crippen LogP contribution in [-0.4, -0.2) is 9.97 Å². The Kier molecular flexibility index (Phi) is 4.80. The molecule has 4 heterocycles. The second kappa shape index (κ2) is 8.03. The molecular weight excluding hydrogens is 464 g/mol. The smallest absolute Gasteiger partial charge is 0.138 e. The average molecular weight is 495 g/mol. The summed E-state index contributed by atoms with van der Waals surface area (Å²) in [5.74, 6) is 1.68. The van der Waals surface area contributed by atoms with Crippen molar-refractivity contribution in [1.29, 1.82) is 0 Å². The minimum absolute atomic E-state index is 0.0826. The Hall–Kier alpha value is -4.44. The first-order valence-corrected chi connectivity index (χ1v) is 13.2. The lowest BCUT2D eigenvalue weighted by molar-refractivity contribution is 0.597. The van der Waals surface area contributed by atoms with Gasteiger partial charge in [-0.25, -0.2) is 9.97 Å². The molecule has 5 aromatic rings. The third-order valence-electron chi connectivity index (χ3n) is 8.33. The van der Waals surface area contributed by atoms with Gasteiger partial charge in [-0.3, -0.25) is 4.90 Å². The zero-order valence-electron chi connectivity index (χ0n) is 22.2. The molecule has 0 aliphatic carbocycles. The normalized spacial score (nSPS) is 15.7. The highest BCUT2D eigenvalue weighted by molar-refractivity contribution is 5.93. The van der Waals surface area contributed by atoms with E-state index >= 15 is 0 Å². The first-order valence-electron chi connectivity index (χ1n) is 13.2. The first-order chi connectivity index (χ1) is 18.4. The third-order valence-corrected chi connectivity index (χ3v) is 8.33. The highest BCUT2D eigenvalue weighted by atomic mass is 15.2. The number of pyridine rings is 2. The van der Waals surface area contributed by atoms with Gasteiger partial charge in [0.1, 0.15) is 11.6 Å². The summed E-state index contributed by atoms with van der Waals surface area (Å²) in [7, 11) is 0. The van der Waals surface area contributed by atoms with E-state index in [9.17, 15) is 0 Å². The standard InChI is InChI=1S/C34H30N4/c1-33(2)24-12-5-6-15-28(24)38-29-19-18-23(22-27(29)34(3,4)26-14-11-13-25(33)32(26)38)37(30-16-7-9-20-35-30)31-17-8-10-21-36-31/h5-22H,1-4H3. The molecule has 4 heteroatoms. The molecule has 0 fully saturated rings. The second-order valence-electron chi connectivity index (χ2n) is 11.2. The van der Waals surface area contributed by atoms with Crippen molar-refractivity contribution in [3.63, 3.8) is 0 Å². The molecule has 2 aliphatic heterocycles.